The van der Waals surface area contributed by atoms with Gasteiger partial charge in [0.15, 0.2) is 5.82 Å². The summed E-state index contributed by atoms with van der Waals surface area (Å²) in [5.41, 5.74) is 2.03. The van der Waals surface area contributed by atoms with Gasteiger partial charge in [-0.1, -0.05) is 0 Å². The smallest absolute Gasteiger partial charge is 0.409 e. The number of aromatic nitrogens is 4. The minimum absolute atomic E-state index is 0.200. The van der Waals surface area contributed by atoms with Crippen molar-refractivity contribution in [3.05, 3.63) is 23.5 Å². The number of nitrogens with one attached hydrogen (secondary N) is 2. The molecule has 5 heterocycles. The number of nitrogens with zero attached hydrogens (tertiary/aromatic N) is 5. The molecule has 0 aliphatic carbocycles. The Balaban J connectivity index is 1.41. The largest absolute Gasteiger partial charge is 0.453 e. The van der Waals surface area contributed by atoms with E-state index in [-0.39, 0.29) is 24.2 Å². The fourth-order valence-corrected chi connectivity index (χ4v) is 5.73. The van der Waals surface area contributed by atoms with E-state index in [2.05, 4.69) is 27.5 Å². The number of rotatable bonds is 5. The molecule has 2 N–H and O–H groups in total. The van der Waals surface area contributed by atoms with E-state index in [9.17, 15) is 4.79 Å². The van der Waals surface area contributed by atoms with E-state index in [1.54, 1.807) is 0 Å². The third-order valence-corrected chi connectivity index (χ3v) is 7.53. The molecular formula is C24H35N7O3. The van der Waals surface area contributed by atoms with Gasteiger partial charge in [-0.2, -0.15) is 10.1 Å². The van der Waals surface area contributed by atoms with Crippen LogP contribution in [0.1, 0.15) is 62.3 Å². The zero-order chi connectivity index (χ0) is 23.7. The highest BCUT2D eigenvalue weighted by atomic mass is 16.5. The van der Waals surface area contributed by atoms with Crippen molar-refractivity contribution in [3.63, 3.8) is 0 Å². The molecule has 2 aromatic rings. The number of hydrogen-bond donors (Lipinski definition) is 2. The van der Waals surface area contributed by atoms with Gasteiger partial charge in [0.2, 0.25) is 5.95 Å². The van der Waals surface area contributed by atoms with Gasteiger partial charge >= 0.3 is 6.09 Å². The topological polar surface area (TPSA) is 109 Å². The van der Waals surface area contributed by atoms with Crippen molar-refractivity contribution in [1.29, 1.82) is 0 Å². The summed E-state index contributed by atoms with van der Waals surface area (Å²) in [7, 11) is 3.56. The lowest BCUT2D eigenvalue weighted by Gasteiger charge is -2.49. The molecule has 34 heavy (non-hydrogen) atoms. The quantitative estimate of drug-likeness (QED) is 0.682. The van der Waals surface area contributed by atoms with Crippen molar-refractivity contribution in [2.45, 2.75) is 75.9 Å². The summed E-state index contributed by atoms with van der Waals surface area (Å²) in [6.45, 7) is 3.50. The summed E-state index contributed by atoms with van der Waals surface area (Å²) in [6.07, 6.45) is 6.71. The van der Waals surface area contributed by atoms with Gasteiger partial charge in [0, 0.05) is 62.1 Å². The van der Waals surface area contributed by atoms with Crippen molar-refractivity contribution in [2.75, 3.05) is 37.6 Å². The number of aryl methyl sites for hydroxylation is 1. The second-order valence-electron chi connectivity index (χ2n) is 9.78. The number of carbonyl (C=O) groups excluding carboxylic acids is 1. The maximum atomic E-state index is 12.4. The van der Waals surface area contributed by atoms with Crippen LogP contribution in [-0.4, -0.2) is 76.7 Å². The number of ether oxygens (including phenoxy) is 2. The summed E-state index contributed by atoms with van der Waals surface area (Å²) in [6, 6.07) is 4.68. The molecule has 0 aromatic carbocycles. The fourth-order valence-electron chi connectivity index (χ4n) is 5.73. The van der Waals surface area contributed by atoms with Crippen molar-refractivity contribution >= 4 is 23.7 Å². The lowest BCUT2D eigenvalue weighted by Crippen LogP contribution is -2.58. The summed E-state index contributed by atoms with van der Waals surface area (Å²) in [5, 5.41) is 10.6. The van der Waals surface area contributed by atoms with E-state index in [0.717, 1.165) is 81.2 Å². The van der Waals surface area contributed by atoms with E-state index < -0.39 is 0 Å². The predicted octanol–water partition coefficient (Wildman–Crippen LogP) is 3.73. The highest BCUT2D eigenvalue weighted by molar-refractivity contribution is 5.68. The van der Waals surface area contributed by atoms with Crippen molar-refractivity contribution < 1.29 is 14.3 Å². The lowest BCUT2D eigenvalue weighted by molar-refractivity contribution is 0.0260. The fraction of sp³-hybridized carbons (Fsp3) is 0.667. The van der Waals surface area contributed by atoms with Crippen LogP contribution in [0, 0.1) is 6.92 Å². The van der Waals surface area contributed by atoms with Gasteiger partial charge in [0.1, 0.15) is 5.82 Å². The Labute approximate surface area is 200 Å². The summed E-state index contributed by atoms with van der Waals surface area (Å²) in [5.74, 6) is 2.56. The standard InChI is InChI=1S/C24H35N7O3/c1-15-11-22(29-28-15)26-21-14-20(16-7-9-34-10-8-16)25-23(27-21)30(2)19-12-17-5-4-6-18(13-19)31(17)24(32)33-3/h11,14,16-19H,4-10,12-13H2,1-3H3,(H2,25,26,27,28,29)/t17-,18+,19-. The van der Waals surface area contributed by atoms with Gasteiger partial charge in [-0.15, -0.1) is 0 Å². The van der Waals surface area contributed by atoms with Crippen LogP contribution < -0.4 is 10.2 Å². The monoisotopic (exact) mass is 469 g/mol. The van der Waals surface area contributed by atoms with Gasteiger partial charge in [0.05, 0.1) is 12.8 Å². The van der Waals surface area contributed by atoms with Gasteiger partial charge in [-0.05, 0) is 51.9 Å². The molecule has 2 bridgehead atoms. The van der Waals surface area contributed by atoms with Gasteiger partial charge < -0.3 is 24.6 Å². The predicted molar refractivity (Wildman–Crippen MR) is 129 cm³/mol. The van der Waals surface area contributed by atoms with E-state index >= 15 is 0 Å². The van der Waals surface area contributed by atoms with Crippen LogP contribution in [0.5, 0.6) is 0 Å². The van der Waals surface area contributed by atoms with Crippen molar-refractivity contribution in [2.24, 2.45) is 0 Å². The Bertz CT molecular complexity index is 992. The lowest BCUT2D eigenvalue weighted by atomic mass is 9.81. The second kappa shape index (κ2) is 9.77. The van der Waals surface area contributed by atoms with E-state index in [1.807, 2.05) is 24.0 Å². The van der Waals surface area contributed by atoms with Crippen LogP contribution >= 0.6 is 0 Å². The average molecular weight is 470 g/mol. The highest BCUT2D eigenvalue weighted by Gasteiger charge is 2.43. The maximum Gasteiger partial charge on any atom is 0.409 e. The highest BCUT2D eigenvalue weighted by Crippen LogP contribution is 2.37. The molecular weight excluding hydrogens is 434 g/mol. The summed E-state index contributed by atoms with van der Waals surface area (Å²) < 4.78 is 10.7. The normalized spacial score (nSPS) is 25.1. The number of piperidine rings is 2. The Morgan fingerprint density at radius 3 is 2.53 bits per heavy atom. The Morgan fingerprint density at radius 2 is 1.88 bits per heavy atom. The molecule has 1 amide bonds. The molecule has 10 heteroatoms. The van der Waals surface area contributed by atoms with E-state index in [1.165, 1.54) is 7.11 Å². The van der Waals surface area contributed by atoms with E-state index in [4.69, 9.17) is 19.4 Å². The molecule has 0 radical (unpaired) electrons. The Kier molecular flexibility index (Phi) is 6.58. The molecule has 184 valence electrons. The number of amides is 1. The molecule has 0 spiro atoms. The first-order valence-electron chi connectivity index (χ1n) is 12.4. The van der Waals surface area contributed by atoms with Crippen LogP contribution in [-0.2, 0) is 9.47 Å². The molecule has 2 aromatic heterocycles. The molecule has 3 aliphatic rings. The second-order valence-corrected chi connectivity index (χ2v) is 9.78. The van der Waals surface area contributed by atoms with Crippen molar-refractivity contribution in [1.82, 2.24) is 25.1 Å². The SMILES string of the molecule is COC(=O)N1[C@@H]2CCC[C@H]1C[C@H](N(C)c1nc(Nc3cc(C)[nH]n3)cc(C3CCOCC3)n1)C2. The number of aromatic amines is 1. The molecule has 5 rings (SSSR count). The van der Waals surface area contributed by atoms with E-state index in [0.29, 0.717) is 11.9 Å². The van der Waals surface area contributed by atoms with Crippen molar-refractivity contribution in [3.8, 4) is 0 Å². The number of anilines is 3. The number of carbonyl (C=O) groups is 1. The minimum atomic E-state index is -0.200. The first-order chi connectivity index (χ1) is 16.5. The molecule has 0 unspecified atom stereocenters. The van der Waals surface area contributed by atoms with Gasteiger partial charge in [0.25, 0.3) is 0 Å². The zero-order valence-corrected chi connectivity index (χ0v) is 20.3. The molecule has 3 saturated heterocycles. The van der Waals surface area contributed by atoms with Crippen LogP contribution in [0.4, 0.5) is 22.4 Å². The number of H-pyrrole nitrogens is 1. The Hall–Kier alpha value is -2.88. The number of fused-ring (bicyclic) bond motifs is 2. The Morgan fingerprint density at radius 1 is 1.15 bits per heavy atom. The summed E-state index contributed by atoms with van der Waals surface area (Å²) >= 11 is 0. The zero-order valence-electron chi connectivity index (χ0n) is 20.3. The first-order valence-corrected chi connectivity index (χ1v) is 12.4. The molecule has 3 fully saturated rings. The maximum absolute atomic E-state index is 12.4. The molecule has 10 nitrogen and oxygen atoms in total. The van der Waals surface area contributed by atoms with Crippen LogP contribution in [0.2, 0.25) is 0 Å². The average Bonchev–Trinajstić information content (AvgIpc) is 3.26. The third kappa shape index (κ3) is 4.68. The van der Waals surface area contributed by atoms with Crippen LogP contribution in [0.15, 0.2) is 12.1 Å². The van der Waals surface area contributed by atoms with Gasteiger partial charge in [-0.25, -0.2) is 9.78 Å². The third-order valence-electron chi connectivity index (χ3n) is 7.53. The summed E-state index contributed by atoms with van der Waals surface area (Å²) in [4.78, 5) is 26.5. The first kappa shape index (κ1) is 22.9. The van der Waals surface area contributed by atoms with Crippen LogP contribution in [0.3, 0.4) is 0 Å². The molecule has 3 aliphatic heterocycles. The minimum Gasteiger partial charge on any atom is -0.453 e. The number of hydrogen-bond acceptors (Lipinski definition) is 8. The van der Waals surface area contributed by atoms with Crippen LogP contribution in [0.25, 0.3) is 0 Å². The molecule has 3 atom stereocenters. The molecule has 0 saturated carbocycles. The number of methoxy groups -OCH3 is 1. The van der Waals surface area contributed by atoms with Gasteiger partial charge in [-0.3, -0.25) is 5.10 Å².